The number of nitrogens with zero attached hydrogens (tertiary/aromatic N) is 1. The third-order valence-electron chi connectivity index (χ3n) is 4.72. The van der Waals surface area contributed by atoms with E-state index in [2.05, 4.69) is 4.98 Å². The molecule has 0 fully saturated rings. The number of carbonyl (C=O) groups is 1. The van der Waals surface area contributed by atoms with Gasteiger partial charge < -0.3 is 0 Å². The zero-order valence-electron chi connectivity index (χ0n) is 16.5. The lowest BCUT2D eigenvalue weighted by Gasteiger charge is -2.18. The number of pyridine rings is 1. The van der Waals surface area contributed by atoms with Crippen LogP contribution in [0, 0.1) is 13.8 Å². The van der Waals surface area contributed by atoms with E-state index in [1.54, 1.807) is 20.8 Å². The lowest BCUT2D eigenvalue weighted by molar-refractivity contribution is -0.138. The molecule has 8 heteroatoms. The molecule has 0 aliphatic rings. The number of alkyl halides is 3. The smallest absolute Gasteiger partial charge is 0.299 e. The molecule has 1 heterocycles. The van der Waals surface area contributed by atoms with Crippen molar-refractivity contribution in [3.05, 3.63) is 28.6 Å². The van der Waals surface area contributed by atoms with Gasteiger partial charge in [0.05, 0.1) is 21.8 Å². The number of rotatable bonds is 8. The minimum absolute atomic E-state index is 0.00883. The molecule has 0 aliphatic heterocycles. The molecule has 0 N–H and O–H groups in total. The molecule has 0 spiro atoms. The second-order valence-corrected chi connectivity index (χ2v) is 10.7. The van der Waals surface area contributed by atoms with E-state index in [4.69, 9.17) is 0 Å². The minimum Gasteiger partial charge on any atom is -0.299 e. The van der Waals surface area contributed by atoms with Crippen LogP contribution in [0.25, 0.3) is 0 Å². The summed E-state index contributed by atoms with van der Waals surface area (Å²) < 4.78 is 61.8. The molecule has 0 unspecified atom stereocenters. The monoisotopic (exact) mass is 407 g/mol. The molecule has 0 atom stereocenters. The van der Waals surface area contributed by atoms with Crippen molar-refractivity contribution in [2.24, 2.45) is 0 Å². The normalized spacial score (nSPS) is 13.0. The van der Waals surface area contributed by atoms with Crippen LogP contribution in [0.2, 0.25) is 0 Å². The summed E-state index contributed by atoms with van der Waals surface area (Å²) in [4.78, 5) is 15.9. The Labute approximate surface area is 159 Å². The second-order valence-electron chi connectivity index (χ2n) is 7.82. The Morgan fingerprint density at radius 1 is 1.04 bits per heavy atom. The molecular weight excluding hydrogens is 379 g/mol. The van der Waals surface area contributed by atoms with Gasteiger partial charge in [0.25, 0.3) is 0 Å². The fourth-order valence-corrected chi connectivity index (χ4v) is 3.79. The molecule has 0 aliphatic carbocycles. The Morgan fingerprint density at radius 3 is 2.15 bits per heavy atom. The van der Waals surface area contributed by atoms with E-state index >= 15 is 0 Å². The zero-order chi connectivity index (χ0) is 21.0. The van der Waals surface area contributed by atoms with Crippen LogP contribution in [0.3, 0.4) is 0 Å². The number of hydrogen-bond donors (Lipinski definition) is 0. The summed E-state index contributed by atoms with van der Waals surface area (Å²) in [5, 5.41) is 0. The van der Waals surface area contributed by atoms with Crippen LogP contribution in [-0.4, -0.2) is 29.7 Å². The van der Waals surface area contributed by atoms with E-state index in [0.29, 0.717) is 30.5 Å². The van der Waals surface area contributed by atoms with Gasteiger partial charge >= 0.3 is 6.18 Å². The highest BCUT2D eigenvalue weighted by Gasteiger charge is 2.34. The van der Waals surface area contributed by atoms with Crippen LogP contribution >= 0.6 is 0 Å². The predicted molar refractivity (Wildman–Crippen MR) is 99.4 cm³/mol. The van der Waals surface area contributed by atoms with Gasteiger partial charge in [-0.25, -0.2) is 8.42 Å². The first-order chi connectivity index (χ1) is 12.2. The first-order valence-corrected chi connectivity index (χ1v) is 10.6. The maximum Gasteiger partial charge on any atom is 0.418 e. The summed E-state index contributed by atoms with van der Waals surface area (Å²) in [5.74, 6) is -0.0212. The highest BCUT2D eigenvalue weighted by molar-refractivity contribution is 7.92. The third-order valence-corrected chi connectivity index (χ3v) is 7.41. The van der Waals surface area contributed by atoms with Gasteiger partial charge in [-0.15, -0.1) is 0 Å². The van der Waals surface area contributed by atoms with Crippen molar-refractivity contribution in [1.29, 1.82) is 0 Å². The van der Waals surface area contributed by atoms with E-state index in [1.165, 1.54) is 13.8 Å². The van der Waals surface area contributed by atoms with Crippen LogP contribution in [0.1, 0.15) is 68.8 Å². The lowest BCUT2D eigenvalue weighted by atomic mass is 9.99. The van der Waals surface area contributed by atoms with Gasteiger partial charge in [0.15, 0.2) is 9.84 Å². The van der Waals surface area contributed by atoms with Crippen LogP contribution in [0.5, 0.6) is 0 Å². The number of ketones is 1. The van der Waals surface area contributed by atoms with Crippen molar-refractivity contribution in [2.45, 2.75) is 77.6 Å². The van der Waals surface area contributed by atoms with E-state index in [0.717, 1.165) is 6.20 Å². The Kier molecular flexibility index (Phi) is 7.61. The first kappa shape index (κ1) is 23.6. The topological polar surface area (TPSA) is 64.1 Å². The predicted octanol–water partition coefficient (Wildman–Crippen LogP) is 4.60. The number of halogens is 3. The average molecular weight is 407 g/mol. The number of aromatic nitrogens is 1. The van der Waals surface area contributed by atoms with Crippen molar-refractivity contribution in [1.82, 2.24) is 4.98 Å². The first-order valence-electron chi connectivity index (χ1n) is 8.93. The minimum atomic E-state index is -4.46. The van der Waals surface area contributed by atoms with Crippen LogP contribution in [0.4, 0.5) is 13.2 Å². The number of hydrogen-bond acceptors (Lipinski definition) is 4. The van der Waals surface area contributed by atoms with Crippen molar-refractivity contribution in [2.75, 3.05) is 5.75 Å². The molecule has 4 nitrogen and oxygen atoms in total. The number of unbranched alkanes of at least 4 members (excludes halogenated alkanes) is 2. The summed E-state index contributed by atoms with van der Waals surface area (Å²) in [6.45, 7) is 7.90. The Hall–Kier alpha value is -1.44. The number of carbonyl (C=O) groups excluding carboxylic acids is 1. The van der Waals surface area contributed by atoms with E-state index in [1.807, 2.05) is 0 Å². The van der Waals surface area contributed by atoms with Crippen LogP contribution in [-0.2, 0) is 27.2 Å². The Balaban J connectivity index is 2.54. The van der Waals surface area contributed by atoms with E-state index < -0.39 is 26.3 Å². The van der Waals surface area contributed by atoms with Gasteiger partial charge in [0.1, 0.15) is 5.78 Å². The molecule has 0 radical (unpaired) electrons. The van der Waals surface area contributed by atoms with Crippen LogP contribution < -0.4 is 0 Å². The summed E-state index contributed by atoms with van der Waals surface area (Å²) in [6.07, 6.45) is -1.78. The second kappa shape index (κ2) is 8.71. The summed E-state index contributed by atoms with van der Waals surface area (Å²) >= 11 is 0. The molecule has 0 amide bonds. The van der Waals surface area contributed by atoms with Gasteiger partial charge in [0.2, 0.25) is 0 Å². The molecule has 0 saturated carbocycles. The number of Topliss-reactive ketones (excluding diaryl/α,β-unsaturated/α-hetero) is 1. The van der Waals surface area contributed by atoms with Gasteiger partial charge in [-0.2, -0.15) is 13.2 Å². The highest BCUT2D eigenvalue weighted by atomic mass is 32.2. The lowest BCUT2D eigenvalue weighted by Crippen LogP contribution is -2.30. The molecule has 1 aromatic heterocycles. The average Bonchev–Trinajstić information content (AvgIpc) is 2.49. The maximum atomic E-state index is 12.9. The van der Waals surface area contributed by atoms with E-state index in [-0.39, 0.29) is 29.9 Å². The van der Waals surface area contributed by atoms with Crippen molar-refractivity contribution >= 4 is 15.6 Å². The quantitative estimate of drug-likeness (QED) is 0.591. The number of sulfone groups is 1. The standard InChI is InChI=1S/C19H28F3NO3S/c1-13-14(2)17(23-12-16(13)19(20,21)22)11-15(24)9-7-6-8-10-27(25,26)18(3,4)5/h12H,6-11H2,1-5H3. The summed E-state index contributed by atoms with van der Waals surface area (Å²) in [5.41, 5.74) is 0.0548. The molecule has 0 saturated heterocycles. The molecular formula is C19H28F3NO3S. The SMILES string of the molecule is Cc1c(C(F)(F)F)cnc(CC(=O)CCCCCS(=O)(=O)C(C)(C)C)c1C. The van der Waals surface area contributed by atoms with Gasteiger partial charge in [0, 0.05) is 19.0 Å². The largest absolute Gasteiger partial charge is 0.418 e. The zero-order valence-corrected chi connectivity index (χ0v) is 17.4. The highest BCUT2D eigenvalue weighted by Crippen LogP contribution is 2.33. The molecule has 1 rings (SSSR count). The fourth-order valence-electron chi connectivity index (χ4n) is 2.59. The third kappa shape index (κ3) is 6.59. The molecule has 1 aromatic rings. The summed E-state index contributed by atoms with van der Waals surface area (Å²) in [6, 6.07) is 0. The fraction of sp³-hybridized carbons (Fsp3) is 0.684. The van der Waals surface area contributed by atoms with Gasteiger partial charge in [-0.05, 0) is 58.6 Å². The molecule has 27 heavy (non-hydrogen) atoms. The van der Waals surface area contributed by atoms with Gasteiger partial charge in [-0.1, -0.05) is 6.42 Å². The Bertz CT molecular complexity index is 779. The molecule has 0 bridgehead atoms. The van der Waals surface area contributed by atoms with Crippen molar-refractivity contribution < 1.29 is 26.4 Å². The van der Waals surface area contributed by atoms with Gasteiger partial charge in [-0.3, -0.25) is 9.78 Å². The van der Waals surface area contributed by atoms with Crippen molar-refractivity contribution in [3.8, 4) is 0 Å². The molecule has 154 valence electrons. The molecule has 0 aromatic carbocycles. The van der Waals surface area contributed by atoms with Crippen LogP contribution in [0.15, 0.2) is 6.20 Å². The summed E-state index contributed by atoms with van der Waals surface area (Å²) in [7, 11) is -3.16. The van der Waals surface area contributed by atoms with E-state index in [9.17, 15) is 26.4 Å². The Morgan fingerprint density at radius 2 is 1.63 bits per heavy atom. The van der Waals surface area contributed by atoms with Crippen molar-refractivity contribution in [3.63, 3.8) is 0 Å². The maximum absolute atomic E-state index is 12.9.